The summed E-state index contributed by atoms with van der Waals surface area (Å²) < 4.78 is 71.1. The Bertz CT molecular complexity index is 858. The minimum atomic E-state index is -5.11. The molecule has 2 nitrogen and oxygen atoms in total. The van der Waals surface area contributed by atoms with Crippen molar-refractivity contribution in [2.45, 2.75) is 51.6 Å². The Kier molecular flexibility index (Phi) is 6.78. The quantitative estimate of drug-likeness (QED) is 0.288. The number of benzene rings is 2. The molecule has 0 radical (unpaired) electrons. The Morgan fingerprint density at radius 3 is 2.03 bits per heavy atom. The molecule has 0 N–H and O–H groups in total. The summed E-state index contributed by atoms with van der Waals surface area (Å²) in [6.45, 7) is 2.15. The summed E-state index contributed by atoms with van der Waals surface area (Å²) in [6.07, 6.45) is 0.820. The van der Waals surface area contributed by atoms with Crippen molar-refractivity contribution in [3.8, 4) is 16.9 Å². The lowest BCUT2D eigenvalue weighted by Crippen LogP contribution is -2.25. The average Bonchev–Trinajstić information content (AvgIpc) is 2.67. The molecule has 0 atom stereocenters. The van der Waals surface area contributed by atoms with Crippen LogP contribution in [0.2, 0.25) is 0 Å². The number of carbonyl (C=O) groups is 1. The van der Waals surface area contributed by atoms with Crippen LogP contribution in [0, 0.1) is 23.5 Å². The third-order valence-electron chi connectivity index (χ3n) is 5.61. The van der Waals surface area contributed by atoms with E-state index in [4.69, 9.17) is 4.74 Å². The first kappa shape index (κ1) is 22.2. The van der Waals surface area contributed by atoms with Gasteiger partial charge in [-0.15, -0.1) is 0 Å². The van der Waals surface area contributed by atoms with Crippen LogP contribution in [0.25, 0.3) is 11.1 Å². The van der Waals surface area contributed by atoms with Gasteiger partial charge in [0.2, 0.25) is 0 Å². The predicted molar refractivity (Wildman–Crippen MR) is 103 cm³/mol. The molecule has 1 saturated carbocycles. The molecule has 2 aromatic rings. The van der Waals surface area contributed by atoms with Crippen molar-refractivity contribution >= 4 is 5.97 Å². The molecule has 3 rings (SSSR count). The monoisotopic (exact) mass is 426 g/mol. The van der Waals surface area contributed by atoms with Gasteiger partial charge in [0.15, 0.2) is 0 Å². The number of esters is 1. The van der Waals surface area contributed by atoms with E-state index in [0.717, 1.165) is 32.1 Å². The van der Waals surface area contributed by atoms with Crippen molar-refractivity contribution in [2.24, 2.45) is 11.8 Å². The van der Waals surface area contributed by atoms with Gasteiger partial charge in [0, 0.05) is 0 Å². The lowest BCUT2D eigenvalue weighted by atomic mass is 9.80. The second-order valence-corrected chi connectivity index (χ2v) is 7.76. The fourth-order valence-corrected chi connectivity index (χ4v) is 4.02. The largest absolute Gasteiger partial charge is 0.426 e. The summed E-state index contributed by atoms with van der Waals surface area (Å²) in [5.74, 6) is -2.84. The van der Waals surface area contributed by atoms with Crippen LogP contribution in [0.3, 0.4) is 0 Å². The van der Waals surface area contributed by atoms with Crippen LogP contribution in [-0.2, 0) is 11.0 Å². The number of hydrogen-bond donors (Lipinski definition) is 0. The number of hydrogen-bond acceptors (Lipinski definition) is 2. The topological polar surface area (TPSA) is 26.3 Å². The molecule has 0 heterocycles. The van der Waals surface area contributed by atoms with Gasteiger partial charge in [-0.2, -0.15) is 13.2 Å². The SMILES string of the molecule is CCCC1CCC(C(=O)Oc2ccc(-c3cc(F)c(C(F)(F)F)c(F)c3)cc2)CC1. The van der Waals surface area contributed by atoms with Gasteiger partial charge in [0.05, 0.1) is 5.92 Å². The number of carbonyl (C=O) groups excluding carboxylic acids is 1. The van der Waals surface area contributed by atoms with Crippen LogP contribution in [0.1, 0.15) is 51.0 Å². The van der Waals surface area contributed by atoms with Gasteiger partial charge in [0.1, 0.15) is 22.9 Å². The van der Waals surface area contributed by atoms with Gasteiger partial charge in [-0.3, -0.25) is 4.79 Å². The molecule has 0 bridgehead atoms. The second kappa shape index (κ2) is 9.14. The standard InChI is InChI=1S/C23H23F5O2/c1-2-3-14-4-6-16(7-5-14)22(29)30-18-10-8-15(9-11-18)17-12-19(24)21(20(25)13-17)23(26,27)28/h8-14,16H,2-7H2,1H3. The van der Waals surface area contributed by atoms with Gasteiger partial charge in [-0.05, 0) is 67.0 Å². The van der Waals surface area contributed by atoms with E-state index in [9.17, 15) is 26.7 Å². The maximum atomic E-state index is 13.8. The van der Waals surface area contributed by atoms with E-state index in [0.29, 0.717) is 23.6 Å². The van der Waals surface area contributed by atoms with E-state index in [1.165, 1.54) is 30.7 Å². The molecule has 0 saturated heterocycles. The van der Waals surface area contributed by atoms with Gasteiger partial charge < -0.3 is 4.74 Å². The molecule has 0 aliphatic heterocycles. The molecular weight excluding hydrogens is 403 g/mol. The van der Waals surface area contributed by atoms with Gasteiger partial charge in [-0.1, -0.05) is 31.9 Å². The Balaban J connectivity index is 1.66. The van der Waals surface area contributed by atoms with Gasteiger partial charge in [0.25, 0.3) is 0 Å². The highest BCUT2D eigenvalue weighted by Crippen LogP contribution is 2.36. The first-order valence-electron chi connectivity index (χ1n) is 10.1. The molecule has 30 heavy (non-hydrogen) atoms. The Morgan fingerprint density at radius 1 is 0.967 bits per heavy atom. The van der Waals surface area contributed by atoms with Crippen molar-refractivity contribution in [3.63, 3.8) is 0 Å². The van der Waals surface area contributed by atoms with Gasteiger partial charge >= 0.3 is 12.1 Å². The summed E-state index contributed by atoms with van der Waals surface area (Å²) in [5.41, 5.74) is -1.64. The highest BCUT2D eigenvalue weighted by Gasteiger charge is 2.38. The molecular formula is C23H23F5O2. The molecule has 0 unspecified atom stereocenters. The fraction of sp³-hybridized carbons (Fsp3) is 0.435. The molecule has 7 heteroatoms. The highest BCUT2D eigenvalue weighted by atomic mass is 19.4. The van der Waals surface area contributed by atoms with Crippen molar-refractivity contribution < 1.29 is 31.5 Å². The smallest absolute Gasteiger partial charge is 0.422 e. The van der Waals surface area contributed by atoms with Crippen LogP contribution in [0.5, 0.6) is 5.75 Å². The van der Waals surface area contributed by atoms with E-state index in [2.05, 4.69) is 6.92 Å². The van der Waals surface area contributed by atoms with Crippen LogP contribution in [0.4, 0.5) is 22.0 Å². The number of halogens is 5. The number of rotatable bonds is 5. The normalized spacial score (nSPS) is 19.5. The Labute approximate surface area is 172 Å². The zero-order valence-electron chi connectivity index (χ0n) is 16.6. The average molecular weight is 426 g/mol. The number of ether oxygens (including phenoxy) is 1. The molecule has 1 aliphatic carbocycles. The Hall–Kier alpha value is -2.44. The zero-order chi connectivity index (χ0) is 21.9. The number of alkyl halides is 3. The molecule has 162 valence electrons. The van der Waals surface area contributed by atoms with Crippen molar-refractivity contribution in [3.05, 3.63) is 53.6 Å². The lowest BCUT2D eigenvalue weighted by molar-refractivity contribution is -0.142. The zero-order valence-corrected chi connectivity index (χ0v) is 16.6. The minimum absolute atomic E-state index is 0.0369. The van der Waals surface area contributed by atoms with E-state index in [1.54, 1.807) is 0 Å². The molecule has 0 aromatic heterocycles. The van der Waals surface area contributed by atoms with E-state index in [-0.39, 0.29) is 23.2 Å². The predicted octanol–water partition coefficient (Wildman–Crippen LogP) is 7.16. The molecule has 1 aliphatic rings. The summed E-state index contributed by atoms with van der Waals surface area (Å²) in [7, 11) is 0. The van der Waals surface area contributed by atoms with E-state index >= 15 is 0 Å². The van der Waals surface area contributed by atoms with Gasteiger partial charge in [-0.25, -0.2) is 8.78 Å². The van der Waals surface area contributed by atoms with Crippen molar-refractivity contribution in [1.82, 2.24) is 0 Å². The molecule has 0 amide bonds. The molecule has 1 fully saturated rings. The van der Waals surface area contributed by atoms with E-state index in [1.807, 2.05) is 0 Å². The summed E-state index contributed by atoms with van der Waals surface area (Å²) in [6, 6.07) is 7.10. The third-order valence-corrected chi connectivity index (χ3v) is 5.61. The molecule has 2 aromatic carbocycles. The highest BCUT2D eigenvalue weighted by molar-refractivity contribution is 5.75. The van der Waals surface area contributed by atoms with Crippen LogP contribution in [0.15, 0.2) is 36.4 Å². The van der Waals surface area contributed by atoms with Crippen LogP contribution in [-0.4, -0.2) is 5.97 Å². The first-order chi connectivity index (χ1) is 14.2. The van der Waals surface area contributed by atoms with E-state index < -0.39 is 23.4 Å². The first-order valence-corrected chi connectivity index (χ1v) is 10.1. The molecule has 0 spiro atoms. The second-order valence-electron chi connectivity index (χ2n) is 7.76. The fourth-order valence-electron chi connectivity index (χ4n) is 4.02. The Morgan fingerprint density at radius 2 is 1.53 bits per heavy atom. The summed E-state index contributed by atoms with van der Waals surface area (Å²) in [4.78, 5) is 12.4. The third kappa shape index (κ3) is 5.18. The van der Waals surface area contributed by atoms with Crippen LogP contribution >= 0.6 is 0 Å². The van der Waals surface area contributed by atoms with Crippen molar-refractivity contribution in [1.29, 1.82) is 0 Å². The summed E-state index contributed by atoms with van der Waals surface area (Å²) in [5, 5.41) is 0. The summed E-state index contributed by atoms with van der Waals surface area (Å²) >= 11 is 0. The minimum Gasteiger partial charge on any atom is -0.426 e. The van der Waals surface area contributed by atoms with Crippen LogP contribution < -0.4 is 4.74 Å². The maximum Gasteiger partial charge on any atom is 0.422 e. The lowest BCUT2D eigenvalue weighted by Gasteiger charge is -2.26. The van der Waals surface area contributed by atoms with Crippen molar-refractivity contribution in [2.75, 3.05) is 0 Å². The maximum absolute atomic E-state index is 13.8.